The molecule has 5 aromatic rings. The molecule has 0 spiro atoms. The monoisotopic (exact) mass is 481 g/mol. The Balaban J connectivity index is 1.87. The molecule has 0 heterocycles. The number of rotatable bonds is 6. The number of sulfonamides is 1. The van der Waals surface area contributed by atoms with E-state index in [1.54, 1.807) is 13.2 Å². The predicted octanol–water partition coefficient (Wildman–Crippen LogP) is 7.02. The lowest BCUT2D eigenvalue weighted by molar-refractivity contribution is 0.417. The molecule has 0 saturated carbocycles. The number of fused-ring (bicyclic) bond motifs is 2. The number of methoxy groups -OCH3 is 1. The van der Waals surface area contributed by atoms with Gasteiger partial charge in [0.1, 0.15) is 5.75 Å². The normalized spacial score (nSPS) is 11.9. The number of benzene rings is 5. The maximum Gasteiger partial charge on any atom is 0.241 e. The lowest BCUT2D eigenvalue weighted by Gasteiger charge is -2.20. The van der Waals surface area contributed by atoms with Gasteiger partial charge in [0, 0.05) is 17.2 Å². The number of hydrogen-bond donors (Lipinski definition) is 1. The summed E-state index contributed by atoms with van der Waals surface area (Å²) in [6.45, 7) is 3.64. The van der Waals surface area contributed by atoms with E-state index < -0.39 is 10.0 Å². The van der Waals surface area contributed by atoms with Crippen LogP contribution in [0.1, 0.15) is 13.8 Å². The fraction of sp³-hybridized carbons (Fsp3) is 0.133. The number of ether oxygens (including phenoxy) is 1. The first-order valence-corrected chi connectivity index (χ1v) is 13.1. The van der Waals surface area contributed by atoms with Crippen molar-refractivity contribution in [3.63, 3.8) is 0 Å². The molecule has 0 aliphatic rings. The largest absolute Gasteiger partial charge is 0.496 e. The Labute approximate surface area is 206 Å². The van der Waals surface area contributed by atoms with E-state index in [0.717, 1.165) is 38.2 Å². The molecule has 1 N–H and O–H groups in total. The van der Waals surface area contributed by atoms with Gasteiger partial charge >= 0.3 is 0 Å². The van der Waals surface area contributed by atoms with Gasteiger partial charge < -0.3 is 4.74 Å². The molecule has 0 aliphatic carbocycles. The molecule has 0 atom stereocenters. The third-order valence-corrected chi connectivity index (χ3v) is 7.83. The summed E-state index contributed by atoms with van der Waals surface area (Å²) in [5.74, 6) is 0.627. The van der Waals surface area contributed by atoms with Crippen LogP contribution >= 0.6 is 0 Å². The quantitative estimate of drug-likeness (QED) is 0.283. The van der Waals surface area contributed by atoms with Crippen LogP contribution in [0.2, 0.25) is 0 Å². The summed E-state index contributed by atoms with van der Waals surface area (Å²) in [6, 6.07) is 31.6. The Morgan fingerprint density at radius 2 is 1.37 bits per heavy atom. The third-order valence-electron chi connectivity index (χ3n) is 6.13. The van der Waals surface area contributed by atoms with Gasteiger partial charge in [0.2, 0.25) is 10.0 Å². The molecular formula is C30H27NO3S. The molecule has 0 aromatic heterocycles. The fourth-order valence-electron chi connectivity index (χ4n) is 4.66. The van der Waals surface area contributed by atoms with Gasteiger partial charge in [-0.05, 0) is 64.7 Å². The molecule has 0 aliphatic heterocycles. The Kier molecular flexibility index (Phi) is 6.05. The Bertz CT molecular complexity index is 1640. The molecule has 5 rings (SSSR count). The Morgan fingerprint density at radius 1 is 0.686 bits per heavy atom. The highest BCUT2D eigenvalue weighted by Crippen LogP contribution is 2.44. The van der Waals surface area contributed by atoms with E-state index in [1.165, 1.54) is 0 Å². The minimum absolute atomic E-state index is 0.234. The Hall–Kier alpha value is -3.67. The molecule has 4 nitrogen and oxygen atoms in total. The zero-order valence-electron chi connectivity index (χ0n) is 19.9. The lowest BCUT2D eigenvalue weighted by Crippen LogP contribution is -2.30. The van der Waals surface area contributed by atoms with Crippen LogP contribution in [0.3, 0.4) is 0 Å². The van der Waals surface area contributed by atoms with E-state index >= 15 is 0 Å². The highest BCUT2D eigenvalue weighted by molar-refractivity contribution is 7.89. The van der Waals surface area contributed by atoms with Crippen LogP contribution in [0.4, 0.5) is 0 Å². The molecule has 0 radical (unpaired) electrons. The third kappa shape index (κ3) is 4.29. The van der Waals surface area contributed by atoms with E-state index in [1.807, 2.05) is 74.5 Å². The first-order chi connectivity index (χ1) is 16.9. The maximum atomic E-state index is 13.5. The van der Waals surface area contributed by atoms with Gasteiger partial charge in [-0.2, -0.15) is 0 Å². The average molecular weight is 482 g/mol. The molecule has 0 amide bonds. The first-order valence-electron chi connectivity index (χ1n) is 11.6. The van der Waals surface area contributed by atoms with Gasteiger partial charge in [-0.25, -0.2) is 13.1 Å². The SMILES string of the molecule is COc1ccc2cc(-c3ccccc3)ccc2c1-c1c(S(=O)(=O)NC(C)C)ccc2ccccc12. The van der Waals surface area contributed by atoms with Gasteiger partial charge in [0.15, 0.2) is 0 Å². The summed E-state index contributed by atoms with van der Waals surface area (Å²) >= 11 is 0. The maximum absolute atomic E-state index is 13.5. The predicted molar refractivity (Wildman–Crippen MR) is 144 cm³/mol. The van der Waals surface area contributed by atoms with Crippen molar-refractivity contribution in [1.29, 1.82) is 0 Å². The van der Waals surface area contributed by atoms with Crippen LogP contribution in [0.15, 0.2) is 102 Å². The molecule has 0 saturated heterocycles. The fourth-order valence-corrected chi connectivity index (χ4v) is 6.13. The van der Waals surface area contributed by atoms with Gasteiger partial charge in [0.25, 0.3) is 0 Å². The number of hydrogen-bond acceptors (Lipinski definition) is 3. The molecule has 5 heteroatoms. The highest BCUT2D eigenvalue weighted by Gasteiger charge is 2.25. The topological polar surface area (TPSA) is 55.4 Å². The number of nitrogens with one attached hydrogen (secondary N) is 1. The first kappa shape index (κ1) is 23.1. The second-order valence-corrected chi connectivity index (χ2v) is 10.6. The molecule has 0 unspecified atom stereocenters. The zero-order chi connectivity index (χ0) is 24.6. The van der Waals surface area contributed by atoms with Crippen molar-refractivity contribution in [2.75, 3.05) is 7.11 Å². The van der Waals surface area contributed by atoms with E-state index in [4.69, 9.17) is 4.74 Å². The lowest BCUT2D eigenvalue weighted by atomic mass is 9.91. The molecular weight excluding hydrogens is 454 g/mol. The van der Waals surface area contributed by atoms with Gasteiger partial charge in [-0.3, -0.25) is 0 Å². The van der Waals surface area contributed by atoms with Crippen LogP contribution in [0, 0.1) is 0 Å². The highest BCUT2D eigenvalue weighted by atomic mass is 32.2. The second-order valence-electron chi connectivity index (χ2n) is 8.88. The van der Waals surface area contributed by atoms with Gasteiger partial charge in [-0.1, -0.05) is 78.9 Å². The summed E-state index contributed by atoms with van der Waals surface area (Å²) in [7, 11) is -2.16. The average Bonchev–Trinajstić information content (AvgIpc) is 2.86. The summed E-state index contributed by atoms with van der Waals surface area (Å²) in [6.07, 6.45) is 0. The summed E-state index contributed by atoms with van der Waals surface area (Å²) in [5, 5.41) is 3.76. The van der Waals surface area contributed by atoms with Gasteiger partial charge in [0.05, 0.1) is 12.0 Å². The standard InChI is InChI=1S/C30H27NO3S/c1-20(2)31-35(32,33)28-18-15-22-11-7-8-12-25(22)30(28)29-26-16-13-23(21-9-5-4-6-10-21)19-24(26)14-17-27(29)34-3/h4-20,31H,1-3H3. The zero-order valence-corrected chi connectivity index (χ0v) is 20.8. The van der Waals surface area contributed by atoms with Crippen molar-refractivity contribution in [3.05, 3.63) is 97.1 Å². The summed E-state index contributed by atoms with van der Waals surface area (Å²) in [5.41, 5.74) is 3.64. The van der Waals surface area contributed by atoms with Crippen molar-refractivity contribution in [1.82, 2.24) is 4.72 Å². The molecule has 35 heavy (non-hydrogen) atoms. The second kappa shape index (κ2) is 9.17. The van der Waals surface area contributed by atoms with Crippen LogP contribution in [-0.2, 0) is 10.0 Å². The van der Waals surface area contributed by atoms with Crippen molar-refractivity contribution in [2.24, 2.45) is 0 Å². The summed E-state index contributed by atoms with van der Waals surface area (Å²) < 4.78 is 35.6. The van der Waals surface area contributed by atoms with Gasteiger partial charge in [-0.15, -0.1) is 0 Å². The van der Waals surface area contributed by atoms with Crippen LogP contribution in [-0.4, -0.2) is 21.6 Å². The molecule has 5 aromatic carbocycles. The van der Waals surface area contributed by atoms with Crippen molar-refractivity contribution in [2.45, 2.75) is 24.8 Å². The van der Waals surface area contributed by atoms with E-state index in [-0.39, 0.29) is 10.9 Å². The van der Waals surface area contributed by atoms with Crippen LogP contribution in [0.5, 0.6) is 5.75 Å². The summed E-state index contributed by atoms with van der Waals surface area (Å²) in [4.78, 5) is 0.239. The van der Waals surface area contributed by atoms with E-state index in [9.17, 15) is 8.42 Å². The minimum atomic E-state index is -3.78. The van der Waals surface area contributed by atoms with Crippen LogP contribution < -0.4 is 9.46 Å². The molecule has 0 fully saturated rings. The van der Waals surface area contributed by atoms with Crippen molar-refractivity contribution < 1.29 is 13.2 Å². The molecule has 0 bridgehead atoms. The van der Waals surface area contributed by atoms with E-state index in [2.05, 4.69) is 35.1 Å². The Morgan fingerprint density at radius 3 is 2.11 bits per heavy atom. The minimum Gasteiger partial charge on any atom is -0.496 e. The van der Waals surface area contributed by atoms with Crippen LogP contribution in [0.25, 0.3) is 43.8 Å². The van der Waals surface area contributed by atoms with Crippen molar-refractivity contribution >= 4 is 31.6 Å². The molecule has 176 valence electrons. The smallest absolute Gasteiger partial charge is 0.241 e. The van der Waals surface area contributed by atoms with E-state index in [0.29, 0.717) is 11.3 Å². The van der Waals surface area contributed by atoms with Crippen molar-refractivity contribution in [3.8, 4) is 28.0 Å².